The number of aromatic nitrogens is 1. The molecule has 1 aromatic heterocycles. The maximum Gasteiger partial charge on any atom is 0.188 e. The topological polar surface area (TPSA) is 43.4 Å². The Morgan fingerprint density at radius 3 is 2.68 bits per heavy atom. The van der Waals surface area contributed by atoms with Crippen molar-refractivity contribution < 1.29 is 9.47 Å². The van der Waals surface area contributed by atoms with E-state index in [0.29, 0.717) is 13.2 Å². The molecule has 0 aliphatic rings. The molecule has 2 aromatic rings. The van der Waals surface area contributed by atoms with Gasteiger partial charge in [0.05, 0.1) is 18.9 Å². The predicted octanol–water partition coefficient (Wildman–Crippen LogP) is 4.45. The number of thiazole rings is 1. The van der Waals surface area contributed by atoms with E-state index in [4.69, 9.17) is 9.47 Å². The van der Waals surface area contributed by atoms with Gasteiger partial charge in [-0.15, -0.1) is 11.3 Å². The molecule has 0 bridgehead atoms. The molecule has 2 rings (SSSR count). The standard InChI is InChI=1S/C13H15BrN2O2S/c1-3-17-9-5-6-11(18-4-2)10(7-9)15-13-16-12(14)8-19-13/h5-8H,3-4H2,1-2H3,(H,15,16). The molecule has 0 saturated heterocycles. The molecule has 0 spiro atoms. The van der Waals surface area contributed by atoms with Crippen molar-refractivity contribution in [2.45, 2.75) is 13.8 Å². The number of anilines is 2. The van der Waals surface area contributed by atoms with Gasteiger partial charge < -0.3 is 14.8 Å². The van der Waals surface area contributed by atoms with Gasteiger partial charge in [-0.2, -0.15) is 0 Å². The molecule has 0 aliphatic carbocycles. The quantitative estimate of drug-likeness (QED) is 0.842. The van der Waals surface area contributed by atoms with E-state index < -0.39 is 0 Å². The summed E-state index contributed by atoms with van der Waals surface area (Å²) in [5.74, 6) is 1.60. The van der Waals surface area contributed by atoms with E-state index in [2.05, 4.69) is 26.2 Å². The van der Waals surface area contributed by atoms with Gasteiger partial charge in [-0.25, -0.2) is 4.98 Å². The van der Waals surface area contributed by atoms with Crippen LogP contribution >= 0.6 is 27.3 Å². The highest BCUT2D eigenvalue weighted by molar-refractivity contribution is 9.10. The molecule has 19 heavy (non-hydrogen) atoms. The van der Waals surface area contributed by atoms with Gasteiger partial charge in [0, 0.05) is 11.4 Å². The van der Waals surface area contributed by atoms with Crippen LogP contribution in [-0.2, 0) is 0 Å². The summed E-state index contributed by atoms with van der Waals surface area (Å²) >= 11 is 4.86. The zero-order valence-corrected chi connectivity index (χ0v) is 13.2. The Morgan fingerprint density at radius 1 is 1.26 bits per heavy atom. The lowest BCUT2D eigenvalue weighted by molar-refractivity contribution is 0.332. The highest BCUT2D eigenvalue weighted by atomic mass is 79.9. The number of nitrogens with one attached hydrogen (secondary N) is 1. The number of hydrogen-bond donors (Lipinski definition) is 1. The molecule has 1 heterocycles. The number of nitrogens with zero attached hydrogens (tertiary/aromatic N) is 1. The number of benzene rings is 1. The van der Waals surface area contributed by atoms with Gasteiger partial charge in [-0.3, -0.25) is 0 Å². The Morgan fingerprint density at radius 2 is 2.05 bits per heavy atom. The Kier molecular flexibility index (Phi) is 5.04. The summed E-state index contributed by atoms with van der Waals surface area (Å²) in [4.78, 5) is 4.31. The van der Waals surface area contributed by atoms with Crippen LogP contribution in [-0.4, -0.2) is 18.2 Å². The van der Waals surface area contributed by atoms with Crippen LogP contribution in [0, 0.1) is 0 Å². The highest BCUT2D eigenvalue weighted by Crippen LogP contribution is 2.33. The molecule has 6 heteroatoms. The first-order chi connectivity index (χ1) is 9.22. The lowest BCUT2D eigenvalue weighted by atomic mass is 10.2. The smallest absolute Gasteiger partial charge is 0.188 e. The first-order valence-corrected chi connectivity index (χ1v) is 7.68. The Hall–Kier alpha value is -1.27. The minimum absolute atomic E-state index is 0.615. The Labute approximate surface area is 124 Å². The monoisotopic (exact) mass is 342 g/mol. The molecule has 0 atom stereocenters. The number of hydrogen-bond acceptors (Lipinski definition) is 5. The van der Waals surface area contributed by atoms with E-state index in [1.165, 1.54) is 11.3 Å². The predicted molar refractivity (Wildman–Crippen MR) is 81.9 cm³/mol. The summed E-state index contributed by atoms with van der Waals surface area (Å²) in [6.07, 6.45) is 0. The summed E-state index contributed by atoms with van der Waals surface area (Å²) in [6, 6.07) is 5.72. The Bertz CT molecular complexity index is 545. The number of ether oxygens (including phenoxy) is 2. The van der Waals surface area contributed by atoms with Crippen molar-refractivity contribution in [3.63, 3.8) is 0 Å². The van der Waals surface area contributed by atoms with Crippen molar-refractivity contribution in [3.05, 3.63) is 28.2 Å². The molecular formula is C13H15BrN2O2S. The lowest BCUT2D eigenvalue weighted by Gasteiger charge is -2.12. The lowest BCUT2D eigenvalue weighted by Crippen LogP contribution is -1.99. The average molecular weight is 343 g/mol. The minimum atomic E-state index is 0.615. The Balaban J connectivity index is 2.25. The maximum absolute atomic E-state index is 5.60. The van der Waals surface area contributed by atoms with E-state index in [-0.39, 0.29) is 0 Å². The van der Waals surface area contributed by atoms with Crippen LogP contribution in [0.25, 0.3) is 0 Å². The van der Waals surface area contributed by atoms with Crippen molar-refractivity contribution in [2.75, 3.05) is 18.5 Å². The van der Waals surface area contributed by atoms with Gasteiger partial charge in [0.15, 0.2) is 5.13 Å². The van der Waals surface area contributed by atoms with Crippen LogP contribution in [0.15, 0.2) is 28.2 Å². The van der Waals surface area contributed by atoms with Gasteiger partial charge in [0.25, 0.3) is 0 Å². The van der Waals surface area contributed by atoms with Gasteiger partial charge in [-0.05, 0) is 41.9 Å². The van der Waals surface area contributed by atoms with Crippen molar-refractivity contribution >= 4 is 38.1 Å². The fraction of sp³-hybridized carbons (Fsp3) is 0.308. The second-order valence-electron chi connectivity index (χ2n) is 3.62. The first kappa shape index (κ1) is 14.1. The normalized spacial score (nSPS) is 10.3. The fourth-order valence-corrected chi connectivity index (χ4v) is 2.73. The molecule has 102 valence electrons. The van der Waals surface area contributed by atoms with E-state index in [9.17, 15) is 0 Å². The minimum Gasteiger partial charge on any atom is -0.494 e. The van der Waals surface area contributed by atoms with Crippen molar-refractivity contribution in [3.8, 4) is 11.5 Å². The zero-order chi connectivity index (χ0) is 13.7. The van der Waals surface area contributed by atoms with E-state index >= 15 is 0 Å². The van der Waals surface area contributed by atoms with Crippen LogP contribution < -0.4 is 14.8 Å². The zero-order valence-electron chi connectivity index (χ0n) is 10.8. The summed E-state index contributed by atoms with van der Waals surface area (Å²) < 4.78 is 11.9. The molecule has 0 aliphatic heterocycles. The van der Waals surface area contributed by atoms with Gasteiger partial charge in [0.2, 0.25) is 0 Å². The third-order valence-corrected chi connectivity index (χ3v) is 3.75. The molecule has 0 fully saturated rings. The molecule has 0 amide bonds. The van der Waals surface area contributed by atoms with Gasteiger partial charge in [0.1, 0.15) is 16.1 Å². The SMILES string of the molecule is CCOc1ccc(OCC)c(Nc2nc(Br)cs2)c1. The van der Waals surface area contributed by atoms with Crippen molar-refractivity contribution in [2.24, 2.45) is 0 Å². The average Bonchev–Trinajstić information content (AvgIpc) is 2.79. The van der Waals surface area contributed by atoms with Crippen LogP contribution in [0.1, 0.15) is 13.8 Å². The molecule has 0 unspecified atom stereocenters. The van der Waals surface area contributed by atoms with Gasteiger partial charge in [-0.1, -0.05) is 0 Å². The van der Waals surface area contributed by atoms with Crippen molar-refractivity contribution in [1.29, 1.82) is 0 Å². The molecule has 4 nitrogen and oxygen atoms in total. The number of rotatable bonds is 6. The second-order valence-corrected chi connectivity index (χ2v) is 5.29. The van der Waals surface area contributed by atoms with Crippen LogP contribution in [0.2, 0.25) is 0 Å². The number of halogens is 1. The van der Waals surface area contributed by atoms with E-state index in [1.54, 1.807) is 0 Å². The van der Waals surface area contributed by atoms with E-state index in [0.717, 1.165) is 26.9 Å². The second kappa shape index (κ2) is 6.77. The van der Waals surface area contributed by atoms with Crippen LogP contribution in [0.3, 0.4) is 0 Å². The summed E-state index contributed by atoms with van der Waals surface area (Å²) in [6.45, 7) is 5.17. The third-order valence-electron chi connectivity index (χ3n) is 2.28. The largest absolute Gasteiger partial charge is 0.494 e. The highest BCUT2D eigenvalue weighted by Gasteiger charge is 2.08. The van der Waals surface area contributed by atoms with Crippen LogP contribution in [0.4, 0.5) is 10.8 Å². The molecule has 1 aromatic carbocycles. The maximum atomic E-state index is 5.60. The summed E-state index contributed by atoms with van der Waals surface area (Å²) in [5.41, 5.74) is 0.856. The summed E-state index contributed by atoms with van der Waals surface area (Å²) in [7, 11) is 0. The molecule has 0 saturated carbocycles. The molecule has 1 N–H and O–H groups in total. The van der Waals surface area contributed by atoms with Crippen LogP contribution in [0.5, 0.6) is 11.5 Å². The first-order valence-electron chi connectivity index (χ1n) is 6.00. The van der Waals surface area contributed by atoms with E-state index in [1.807, 2.05) is 37.4 Å². The summed E-state index contributed by atoms with van der Waals surface area (Å²) in [5, 5.41) is 5.98. The van der Waals surface area contributed by atoms with Crippen molar-refractivity contribution in [1.82, 2.24) is 4.98 Å². The molecule has 0 radical (unpaired) electrons. The van der Waals surface area contributed by atoms with Gasteiger partial charge >= 0.3 is 0 Å². The fourth-order valence-electron chi connectivity index (χ4n) is 1.57. The third kappa shape index (κ3) is 3.84. The molecular weight excluding hydrogens is 328 g/mol.